The van der Waals surface area contributed by atoms with Crippen molar-refractivity contribution < 1.29 is 5.11 Å². The predicted molar refractivity (Wildman–Crippen MR) is 113 cm³/mol. The Kier molecular flexibility index (Phi) is 3.96. The van der Waals surface area contributed by atoms with Crippen LogP contribution in [0, 0.1) is 0 Å². The number of hydrogen-bond donors (Lipinski definition) is 1. The average molecular weight is 384 g/mol. The summed E-state index contributed by atoms with van der Waals surface area (Å²) < 4.78 is 1.45. The second-order valence-corrected chi connectivity index (χ2v) is 7.51. The third-order valence-electron chi connectivity index (χ3n) is 5.36. The highest BCUT2D eigenvalue weighted by molar-refractivity contribution is 6.11. The molecule has 6 heteroatoms. The number of pyridine rings is 1. The molecule has 5 rings (SSSR count). The number of fused-ring (bicyclic) bond motifs is 1. The van der Waals surface area contributed by atoms with E-state index in [9.17, 15) is 9.90 Å². The summed E-state index contributed by atoms with van der Waals surface area (Å²) in [4.78, 5) is 24.4. The van der Waals surface area contributed by atoms with Crippen molar-refractivity contribution >= 4 is 27.4 Å². The summed E-state index contributed by atoms with van der Waals surface area (Å²) in [6.07, 6.45) is 0. The van der Waals surface area contributed by atoms with Crippen molar-refractivity contribution in [2.24, 2.45) is 9.98 Å². The maximum Gasteiger partial charge on any atom is 0.261 e. The molecule has 0 atom stereocenters. The van der Waals surface area contributed by atoms with Gasteiger partial charge < -0.3 is 10.0 Å². The molecule has 0 spiro atoms. The molecular formula is C23H20N4O2. The monoisotopic (exact) mass is 384 g/mol. The highest BCUT2D eigenvalue weighted by Crippen LogP contribution is 2.29. The van der Waals surface area contributed by atoms with Gasteiger partial charge in [-0.25, -0.2) is 9.98 Å². The Labute approximate surface area is 166 Å². The number of benzene rings is 3. The first-order valence-electron chi connectivity index (χ1n) is 9.53. The van der Waals surface area contributed by atoms with Gasteiger partial charge in [0.1, 0.15) is 0 Å². The van der Waals surface area contributed by atoms with Crippen LogP contribution < -0.4 is 21.5 Å². The molecule has 144 valence electrons. The van der Waals surface area contributed by atoms with Gasteiger partial charge in [0.2, 0.25) is 5.88 Å². The van der Waals surface area contributed by atoms with Crippen LogP contribution in [0.15, 0.2) is 69.4 Å². The highest BCUT2D eigenvalue weighted by Gasteiger charge is 2.16. The Bertz CT molecular complexity index is 1480. The number of aromatic nitrogens is 1. The van der Waals surface area contributed by atoms with E-state index in [1.165, 1.54) is 4.57 Å². The molecule has 4 aromatic rings. The van der Waals surface area contributed by atoms with Crippen LogP contribution in [-0.2, 0) is 6.54 Å². The van der Waals surface area contributed by atoms with Crippen LogP contribution in [-0.4, -0.2) is 35.2 Å². The third kappa shape index (κ3) is 2.72. The summed E-state index contributed by atoms with van der Waals surface area (Å²) in [6, 6.07) is 17.2. The first-order chi connectivity index (χ1) is 14.0. The standard InChI is InChI=1S/C23H20N4O2/c1-26(2)12-13-27-22(28)16-7-5-6-14-15(10-11-17(20(14)16)23(27)29)21-24-18-8-3-4-9-19(18)25-21/h3-11,28H,12-13H2,1-2H3. The Hall–Kier alpha value is -3.51. The van der Waals surface area contributed by atoms with Crippen LogP contribution in [0.5, 0.6) is 5.88 Å². The molecule has 1 aromatic heterocycles. The lowest BCUT2D eigenvalue weighted by Crippen LogP contribution is -2.27. The summed E-state index contributed by atoms with van der Waals surface area (Å²) in [7, 11) is 3.88. The first-order valence-corrected chi connectivity index (χ1v) is 9.53. The van der Waals surface area contributed by atoms with Crippen molar-refractivity contribution in [2.45, 2.75) is 6.54 Å². The average Bonchev–Trinajstić information content (AvgIpc) is 3.15. The molecule has 3 aromatic carbocycles. The highest BCUT2D eigenvalue weighted by atomic mass is 16.3. The minimum absolute atomic E-state index is 0.000635. The zero-order valence-electron chi connectivity index (χ0n) is 16.3. The molecule has 0 bridgehead atoms. The van der Waals surface area contributed by atoms with Gasteiger partial charge in [0, 0.05) is 34.5 Å². The second-order valence-electron chi connectivity index (χ2n) is 7.51. The van der Waals surface area contributed by atoms with Crippen molar-refractivity contribution in [1.82, 2.24) is 9.47 Å². The van der Waals surface area contributed by atoms with E-state index < -0.39 is 0 Å². The van der Waals surface area contributed by atoms with E-state index in [-0.39, 0.29) is 11.4 Å². The first kappa shape index (κ1) is 17.6. The molecule has 29 heavy (non-hydrogen) atoms. The van der Waals surface area contributed by atoms with E-state index in [2.05, 4.69) is 9.98 Å². The molecule has 0 saturated heterocycles. The number of likely N-dealkylation sites (N-methyl/N-ethyl adjacent to an activating group) is 1. The zero-order valence-corrected chi connectivity index (χ0v) is 16.3. The van der Waals surface area contributed by atoms with Gasteiger partial charge in [0.25, 0.3) is 5.56 Å². The van der Waals surface area contributed by atoms with Crippen LogP contribution in [0.1, 0.15) is 0 Å². The maximum atomic E-state index is 13.1. The fourth-order valence-corrected chi connectivity index (χ4v) is 3.89. The van der Waals surface area contributed by atoms with Crippen LogP contribution in [0.4, 0.5) is 0 Å². The summed E-state index contributed by atoms with van der Waals surface area (Å²) >= 11 is 0. The van der Waals surface area contributed by atoms with Gasteiger partial charge in [0.15, 0.2) is 5.82 Å². The van der Waals surface area contributed by atoms with E-state index in [1.807, 2.05) is 73.6 Å². The lowest BCUT2D eigenvalue weighted by Gasteiger charge is -2.16. The summed E-state index contributed by atoms with van der Waals surface area (Å²) in [6.45, 7) is 1.08. The Morgan fingerprint density at radius 2 is 1.59 bits per heavy atom. The zero-order chi connectivity index (χ0) is 20.1. The van der Waals surface area contributed by atoms with Crippen molar-refractivity contribution in [1.29, 1.82) is 0 Å². The SMILES string of the molecule is CN(C)CCn1c(O)c2cccc3c(=C4N=c5ccccc5=N4)ccc(c1=O)c23. The van der Waals surface area contributed by atoms with Crippen molar-refractivity contribution in [2.75, 3.05) is 20.6 Å². The van der Waals surface area contributed by atoms with Gasteiger partial charge in [-0.2, -0.15) is 0 Å². The molecule has 0 saturated carbocycles. The molecule has 2 heterocycles. The van der Waals surface area contributed by atoms with Gasteiger partial charge in [-0.1, -0.05) is 24.3 Å². The van der Waals surface area contributed by atoms with Crippen molar-refractivity contribution in [3.05, 3.63) is 80.9 Å². The van der Waals surface area contributed by atoms with E-state index in [4.69, 9.17) is 0 Å². The Morgan fingerprint density at radius 1 is 0.897 bits per heavy atom. The van der Waals surface area contributed by atoms with E-state index in [0.717, 1.165) is 26.7 Å². The number of aromatic hydroxyl groups is 1. The molecular weight excluding hydrogens is 364 g/mol. The predicted octanol–water partition coefficient (Wildman–Crippen LogP) is 1.16. The Morgan fingerprint density at radius 3 is 2.28 bits per heavy atom. The van der Waals surface area contributed by atoms with Crippen molar-refractivity contribution in [3.63, 3.8) is 0 Å². The number of hydrogen-bond acceptors (Lipinski definition) is 5. The van der Waals surface area contributed by atoms with Crippen LogP contribution in [0.3, 0.4) is 0 Å². The summed E-state index contributed by atoms with van der Waals surface area (Å²) in [5, 5.41) is 16.3. The molecule has 0 radical (unpaired) electrons. The lowest BCUT2D eigenvalue weighted by molar-refractivity contribution is 0.353. The molecule has 0 aliphatic carbocycles. The third-order valence-corrected chi connectivity index (χ3v) is 5.36. The number of nitrogens with zero attached hydrogens (tertiary/aromatic N) is 4. The molecule has 1 aliphatic heterocycles. The maximum absolute atomic E-state index is 13.1. The molecule has 6 nitrogen and oxygen atoms in total. The van der Waals surface area contributed by atoms with Gasteiger partial charge >= 0.3 is 0 Å². The van der Waals surface area contributed by atoms with Gasteiger partial charge in [-0.05, 0) is 49.8 Å². The number of rotatable bonds is 3. The van der Waals surface area contributed by atoms with Crippen molar-refractivity contribution in [3.8, 4) is 5.88 Å². The van der Waals surface area contributed by atoms with Gasteiger partial charge in [0.05, 0.1) is 10.7 Å². The topological polar surface area (TPSA) is 70.2 Å². The Balaban J connectivity index is 1.86. The minimum Gasteiger partial charge on any atom is -0.494 e. The van der Waals surface area contributed by atoms with E-state index in [0.29, 0.717) is 29.7 Å². The van der Waals surface area contributed by atoms with Crippen LogP contribution >= 0.6 is 0 Å². The number of para-hydroxylation sites is 2. The fourth-order valence-electron chi connectivity index (χ4n) is 3.89. The molecule has 0 fully saturated rings. The quantitative estimate of drug-likeness (QED) is 0.576. The summed E-state index contributed by atoms with van der Waals surface area (Å²) in [5.74, 6) is 0.623. The largest absolute Gasteiger partial charge is 0.494 e. The normalized spacial score (nSPS) is 13.1. The van der Waals surface area contributed by atoms with Gasteiger partial charge in [-0.3, -0.25) is 9.36 Å². The smallest absolute Gasteiger partial charge is 0.261 e. The van der Waals surface area contributed by atoms with E-state index in [1.54, 1.807) is 0 Å². The van der Waals surface area contributed by atoms with E-state index >= 15 is 0 Å². The minimum atomic E-state index is -0.187. The molecule has 1 N–H and O–H groups in total. The van der Waals surface area contributed by atoms with Crippen LogP contribution in [0.25, 0.3) is 27.4 Å². The van der Waals surface area contributed by atoms with Gasteiger partial charge in [-0.15, -0.1) is 0 Å². The molecule has 0 unspecified atom stereocenters. The molecule has 0 amide bonds. The summed E-state index contributed by atoms with van der Waals surface area (Å²) in [5.41, 5.74) is -0.187. The second kappa shape index (κ2) is 6.53. The lowest BCUT2D eigenvalue weighted by atomic mass is 10.0. The van der Waals surface area contributed by atoms with Crippen LogP contribution in [0.2, 0.25) is 0 Å². The fraction of sp³-hybridized carbons (Fsp3) is 0.174. The molecule has 1 aliphatic rings.